The van der Waals surface area contributed by atoms with E-state index in [-0.39, 0.29) is 10.2 Å². The quantitative estimate of drug-likeness (QED) is 0.486. The van der Waals surface area contributed by atoms with E-state index in [0.29, 0.717) is 0 Å². The summed E-state index contributed by atoms with van der Waals surface area (Å²) in [6.07, 6.45) is -1.73. The predicted molar refractivity (Wildman–Crippen MR) is 33.4 cm³/mol. The number of carbonyl (C=O) groups excluding carboxylic acids is 4. The number of carbonyl (C=O) groups is 4. The van der Waals surface area contributed by atoms with E-state index in [9.17, 15) is 19.2 Å². The van der Waals surface area contributed by atoms with Crippen LogP contribution in [0.4, 0.5) is 9.59 Å². The van der Waals surface area contributed by atoms with Crippen molar-refractivity contribution < 1.29 is 28.9 Å². The molecule has 0 spiro atoms. The van der Waals surface area contributed by atoms with Crippen LogP contribution in [0, 0.1) is 0 Å². The Balaban J connectivity index is 2.22. The molecule has 2 rings (SSSR count). The second-order valence-electron chi connectivity index (χ2n) is 2.35. The highest BCUT2D eigenvalue weighted by atomic mass is 16.8. The zero-order chi connectivity index (χ0) is 10.3. The van der Waals surface area contributed by atoms with E-state index in [2.05, 4.69) is 15.2 Å². The molecule has 2 fully saturated rings. The Morgan fingerprint density at radius 2 is 1.93 bits per heavy atom. The average molecular weight is 200 g/mol. The van der Waals surface area contributed by atoms with Crippen LogP contribution in [0.15, 0.2) is 0 Å². The summed E-state index contributed by atoms with van der Waals surface area (Å²) in [6, 6.07) is -1.13. The van der Waals surface area contributed by atoms with E-state index in [1.54, 1.807) is 0 Å². The van der Waals surface area contributed by atoms with Crippen LogP contribution in [-0.2, 0) is 19.3 Å². The van der Waals surface area contributed by atoms with Crippen molar-refractivity contribution in [3.8, 4) is 0 Å². The molecule has 0 aromatic rings. The standard InChI is InChI=1S/C5H2N3O6/c9-2-1-3(10)14-8(2)7-4(11)6-13-5(7)12/h1H2. The number of amides is 4. The van der Waals surface area contributed by atoms with Crippen molar-refractivity contribution in [1.29, 1.82) is 0 Å². The molecule has 1 radical (unpaired) electrons. The van der Waals surface area contributed by atoms with Gasteiger partial charge in [-0.3, -0.25) is 9.63 Å². The van der Waals surface area contributed by atoms with Crippen molar-refractivity contribution >= 4 is 24.0 Å². The fourth-order valence-corrected chi connectivity index (χ4v) is 0.908. The third kappa shape index (κ3) is 1.02. The van der Waals surface area contributed by atoms with Gasteiger partial charge in [0, 0.05) is 0 Å². The van der Waals surface area contributed by atoms with Crippen LogP contribution < -0.4 is 5.48 Å². The Morgan fingerprint density at radius 3 is 2.36 bits per heavy atom. The zero-order valence-corrected chi connectivity index (χ0v) is 6.50. The molecule has 0 aliphatic carbocycles. The molecule has 4 amide bonds. The van der Waals surface area contributed by atoms with Gasteiger partial charge in [-0.2, -0.15) is 0 Å². The maximum atomic E-state index is 11.0. The fourth-order valence-electron chi connectivity index (χ4n) is 0.908. The van der Waals surface area contributed by atoms with Crippen molar-refractivity contribution in [2.75, 3.05) is 0 Å². The molecule has 2 heterocycles. The van der Waals surface area contributed by atoms with Gasteiger partial charge in [0.25, 0.3) is 5.91 Å². The van der Waals surface area contributed by atoms with Crippen LogP contribution in [0.3, 0.4) is 0 Å². The Kier molecular flexibility index (Phi) is 1.53. The molecule has 2 saturated heterocycles. The number of hydrogen-bond donors (Lipinski definition) is 0. The lowest BCUT2D eigenvalue weighted by molar-refractivity contribution is -0.212. The number of rotatable bonds is 1. The highest BCUT2D eigenvalue weighted by Gasteiger charge is 2.47. The van der Waals surface area contributed by atoms with Crippen LogP contribution in [0.1, 0.15) is 6.42 Å². The highest BCUT2D eigenvalue weighted by Crippen LogP contribution is 2.16. The molecule has 9 heteroatoms. The van der Waals surface area contributed by atoms with Gasteiger partial charge >= 0.3 is 18.1 Å². The Labute approximate surface area is 76.0 Å². The Hall–Kier alpha value is -2.32. The first-order chi connectivity index (χ1) is 6.59. The minimum absolute atomic E-state index is 0.188. The van der Waals surface area contributed by atoms with Crippen molar-refractivity contribution in [3.63, 3.8) is 0 Å². The van der Waals surface area contributed by atoms with Crippen molar-refractivity contribution in [3.05, 3.63) is 0 Å². The van der Waals surface area contributed by atoms with Gasteiger partial charge in [-0.05, 0) is 5.48 Å². The van der Waals surface area contributed by atoms with E-state index in [1.165, 1.54) is 0 Å². The molecular weight excluding hydrogens is 198 g/mol. The SMILES string of the molecule is O=C1CC(=O)N(N2C(=O)[N]OC2=O)O1. The van der Waals surface area contributed by atoms with E-state index in [0.717, 1.165) is 0 Å². The maximum Gasteiger partial charge on any atom is 0.467 e. The molecule has 0 atom stereocenters. The number of hydrogen-bond acceptors (Lipinski definition) is 6. The maximum absolute atomic E-state index is 11.0. The summed E-state index contributed by atoms with van der Waals surface area (Å²) >= 11 is 0. The smallest absolute Gasteiger partial charge is 0.316 e. The van der Waals surface area contributed by atoms with Gasteiger partial charge in [0.05, 0.1) is 0 Å². The highest BCUT2D eigenvalue weighted by molar-refractivity contribution is 6.02. The lowest BCUT2D eigenvalue weighted by Crippen LogP contribution is -2.45. The molecule has 0 saturated carbocycles. The third-order valence-corrected chi connectivity index (χ3v) is 1.43. The van der Waals surface area contributed by atoms with Gasteiger partial charge in [-0.15, -0.1) is 0 Å². The summed E-state index contributed by atoms with van der Waals surface area (Å²) in [7, 11) is 0. The third-order valence-electron chi connectivity index (χ3n) is 1.43. The average Bonchev–Trinajstić information content (AvgIpc) is 2.57. The lowest BCUT2D eigenvalue weighted by atomic mass is 10.4. The van der Waals surface area contributed by atoms with Crippen LogP contribution >= 0.6 is 0 Å². The second kappa shape index (κ2) is 2.58. The fraction of sp³-hybridized carbons (Fsp3) is 0.200. The topological polar surface area (TPSA) is 107 Å². The lowest BCUT2D eigenvalue weighted by Gasteiger charge is -2.16. The number of nitrogens with zero attached hydrogens (tertiary/aromatic N) is 3. The predicted octanol–water partition coefficient (Wildman–Crippen LogP) is -1.32. The molecule has 73 valence electrons. The second-order valence-corrected chi connectivity index (χ2v) is 2.35. The van der Waals surface area contributed by atoms with E-state index in [4.69, 9.17) is 0 Å². The molecule has 2 aliphatic rings. The number of hydroxylamine groups is 2. The van der Waals surface area contributed by atoms with Gasteiger partial charge in [0.1, 0.15) is 6.42 Å². The first-order valence-electron chi connectivity index (χ1n) is 3.39. The summed E-state index contributed by atoms with van der Waals surface area (Å²) in [5.74, 6) is -1.69. The molecule has 0 N–H and O–H groups in total. The molecule has 0 aromatic carbocycles. The molecule has 2 aliphatic heterocycles. The summed E-state index contributed by atoms with van der Waals surface area (Å²) in [4.78, 5) is 51.5. The van der Waals surface area contributed by atoms with E-state index in [1.807, 2.05) is 0 Å². The van der Waals surface area contributed by atoms with Crippen molar-refractivity contribution in [1.82, 2.24) is 15.7 Å². The van der Waals surface area contributed by atoms with Crippen molar-refractivity contribution in [2.45, 2.75) is 6.42 Å². The molecule has 14 heavy (non-hydrogen) atoms. The number of hydrazine groups is 1. The minimum Gasteiger partial charge on any atom is -0.316 e. The molecule has 0 aromatic heterocycles. The normalized spacial score (nSPS) is 21.1. The van der Waals surface area contributed by atoms with Crippen LogP contribution in [0.25, 0.3) is 0 Å². The van der Waals surface area contributed by atoms with Crippen LogP contribution in [0.2, 0.25) is 0 Å². The Morgan fingerprint density at radius 1 is 1.21 bits per heavy atom. The van der Waals surface area contributed by atoms with E-state index >= 15 is 0 Å². The van der Waals surface area contributed by atoms with E-state index < -0.39 is 30.4 Å². The molecule has 0 bridgehead atoms. The molecule has 0 unspecified atom stereocenters. The number of urea groups is 1. The van der Waals surface area contributed by atoms with Gasteiger partial charge < -0.3 is 4.84 Å². The summed E-state index contributed by atoms with van der Waals surface area (Å²) in [6.45, 7) is 0. The molecule has 9 nitrogen and oxygen atoms in total. The largest absolute Gasteiger partial charge is 0.467 e. The Bertz CT molecular complexity index is 335. The summed E-state index contributed by atoms with van der Waals surface area (Å²) < 4.78 is 0. The van der Waals surface area contributed by atoms with Gasteiger partial charge in [0.2, 0.25) is 0 Å². The molecular formula is C5H2N3O6. The van der Waals surface area contributed by atoms with Gasteiger partial charge in [-0.1, -0.05) is 10.2 Å². The van der Waals surface area contributed by atoms with Crippen molar-refractivity contribution in [2.24, 2.45) is 0 Å². The summed E-state index contributed by atoms with van der Waals surface area (Å²) in [5.41, 5.74) is 2.75. The first kappa shape index (κ1) is 8.29. The first-order valence-corrected chi connectivity index (χ1v) is 3.39. The summed E-state index contributed by atoms with van der Waals surface area (Å²) in [5, 5.41) is 0.413. The number of imide groups is 1. The van der Waals surface area contributed by atoms with Gasteiger partial charge in [-0.25, -0.2) is 14.4 Å². The monoisotopic (exact) mass is 200 g/mol. The zero-order valence-electron chi connectivity index (χ0n) is 6.50. The van der Waals surface area contributed by atoms with Crippen LogP contribution in [-0.4, -0.2) is 34.2 Å². The van der Waals surface area contributed by atoms with Crippen LogP contribution in [0.5, 0.6) is 0 Å². The van der Waals surface area contributed by atoms with Gasteiger partial charge in [0.15, 0.2) is 0 Å². The minimum atomic E-state index is -1.20.